The fraction of sp³-hybridized carbons (Fsp3) is 0.941. The van der Waals surface area contributed by atoms with Crippen molar-refractivity contribution in [1.82, 2.24) is 5.32 Å². The summed E-state index contributed by atoms with van der Waals surface area (Å²) in [5, 5.41) is 12.9. The van der Waals surface area contributed by atoms with Crippen molar-refractivity contribution in [3.63, 3.8) is 0 Å². The molecule has 1 N–H and O–H groups in total. The van der Waals surface area contributed by atoms with Gasteiger partial charge in [-0.05, 0) is 88.9 Å². The zero-order valence-electron chi connectivity index (χ0n) is 12.7. The third-order valence-corrected chi connectivity index (χ3v) is 5.69. The average molecular weight is 260 g/mol. The largest absolute Gasteiger partial charge is 0.297 e. The van der Waals surface area contributed by atoms with E-state index >= 15 is 0 Å². The molecule has 1 atom stereocenters. The first-order valence-electron chi connectivity index (χ1n) is 8.12. The summed E-state index contributed by atoms with van der Waals surface area (Å²) >= 11 is 0. The summed E-state index contributed by atoms with van der Waals surface area (Å²) in [7, 11) is 0. The van der Waals surface area contributed by atoms with Gasteiger partial charge in [0.05, 0.1) is 12.1 Å². The Morgan fingerprint density at radius 3 is 2.00 bits per heavy atom. The van der Waals surface area contributed by atoms with E-state index in [2.05, 4.69) is 32.2 Å². The van der Waals surface area contributed by atoms with Gasteiger partial charge in [0.1, 0.15) is 0 Å². The summed E-state index contributed by atoms with van der Waals surface area (Å²) in [6, 6.07) is 2.55. The van der Waals surface area contributed by atoms with Gasteiger partial charge < -0.3 is 0 Å². The Balaban J connectivity index is 1.65. The van der Waals surface area contributed by atoms with Gasteiger partial charge in [-0.15, -0.1) is 0 Å². The molecule has 4 fully saturated rings. The second-order valence-corrected chi connectivity index (χ2v) is 8.41. The van der Waals surface area contributed by atoms with E-state index in [1.807, 2.05) is 0 Å². The van der Waals surface area contributed by atoms with E-state index in [0.717, 1.165) is 36.0 Å². The molecule has 106 valence electrons. The smallest absolute Gasteiger partial charge is 0.0959 e. The summed E-state index contributed by atoms with van der Waals surface area (Å²) in [6.45, 7) is 6.48. The van der Waals surface area contributed by atoms with Gasteiger partial charge in [-0.25, -0.2) is 0 Å². The Kier molecular flexibility index (Phi) is 3.38. The van der Waals surface area contributed by atoms with E-state index in [9.17, 15) is 5.26 Å². The quantitative estimate of drug-likeness (QED) is 0.839. The molecule has 0 spiro atoms. The minimum Gasteiger partial charge on any atom is -0.297 e. The van der Waals surface area contributed by atoms with Crippen molar-refractivity contribution < 1.29 is 0 Å². The lowest BCUT2D eigenvalue weighted by Crippen LogP contribution is -2.49. The third kappa shape index (κ3) is 2.82. The number of rotatable bonds is 3. The van der Waals surface area contributed by atoms with Crippen molar-refractivity contribution >= 4 is 0 Å². The zero-order valence-corrected chi connectivity index (χ0v) is 12.7. The Hall–Kier alpha value is -0.550. The van der Waals surface area contributed by atoms with E-state index in [-0.39, 0.29) is 11.6 Å². The summed E-state index contributed by atoms with van der Waals surface area (Å²) in [5.74, 6) is 4.78. The molecule has 4 aliphatic rings. The normalized spacial score (nSPS) is 42.1. The van der Waals surface area contributed by atoms with Crippen LogP contribution in [-0.2, 0) is 0 Å². The summed E-state index contributed by atoms with van der Waals surface area (Å²) < 4.78 is 0. The van der Waals surface area contributed by atoms with E-state index < -0.39 is 0 Å². The highest BCUT2D eigenvalue weighted by Gasteiger charge is 2.48. The van der Waals surface area contributed by atoms with Gasteiger partial charge in [-0.3, -0.25) is 5.32 Å². The Morgan fingerprint density at radius 1 is 1.05 bits per heavy atom. The first kappa shape index (κ1) is 13.4. The lowest BCUT2D eigenvalue weighted by Gasteiger charge is -2.55. The third-order valence-electron chi connectivity index (χ3n) is 5.69. The summed E-state index contributed by atoms with van der Waals surface area (Å²) in [5.41, 5.74) is 0.0479. The maximum Gasteiger partial charge on any atom is 0.0959 e. The molecule has 2 nitrogen and oxygen atoms in total. The minimum atomic E-state index is 0.0440. The highest BCUT2D eigenvalue weighted by molar-refractivity contribution is 5.02. The highest BCUT2D eigenvalue weighted by atomic mass is 15.0. The molecular formula is C17H28N2. The SMILES string of the molecule is CC(C)(C)NC(C#N)CC1C2CC3CC(C2)CC1C3. The number of nitriles is 1. The molecule has 19 heavy (non-hydrogen) atoms. The van der Waals surface area contributed by atoms with Crippen molar-refractivity contribution in [1.29, 1.82) is 5.26 Å². The van der Waals surface area contributed by atoms with Crippen LogP contribution in [0.1, 0.15) is 59.3 Å². The van der Waals surface area contributed by atoms with Crippen LogP contribution in [0, 0.1) is 40.9 Å². The lowest BCUT2D eigenvalue weighted by atomic mass is 9.51. The van der Waals surface area contributed by atoms with Crippen LogP contribution in [-0.4, -0.2) is 11.6 Å². The van der Waals surface area contributed by atoms with Crippen LogP contribution < -0.4 is 5.32 Å². The van der Waals surface area contributed by atoms with Crippen molar-refractivity contribution in [2.75, 3.05) is 0 Å². The molecular weight excluding hydrogens is 232 g/mol. The van der Waals surface area contributed by atoms with Gasteiger partial charge in [-0.1, -0.05) is 0 Å². The van der Waals surface area contributed by atoms with E-state index in [1.54, 1.807) is 0 Å². The van der Waals surface area contributed by atoms with Crippen molar-refractivity contribution in [2.24, 2.45) is 29.6 Å². The molecule has 0 saturated heterocycles. The molecule has 0 aliphatic heterocycles. The van der Waals surface area contributed by atoms with E-state index in [0.29, 0.717) is 0 Å². The van der Waals surface area contributed by atoms with Gasteiger partial charge in [0, 0.05) is 5.54 Å². The van der Waals surface area contributed by atoms with Crippen LogP contribution in [0.15, 0.2) is 0 Å². The number of nitrogens with one attached hydrogen (secondary N) is 1. The lowest BCUT2D eigenvalue weighted by molar-refractivity contribution is -0.0420. The molecule has 0 amide bonds. The van der Waals surface area contributed by atoms with Crippen molar-refractivity contribution in [3.8, 4) is 6.07 Å². The molecule has 4 rings (SSSR count). The topological polar surface area (TPSA) is 35.8 Å². The minimum absolute atomic E-state index is 0.0440. The molecule has 1 unspecified atom stereocenters. The second-order valence-electron chi connectivity index (χ2n) is 8.41. The average Bonchev–Trinajstić information content (AvgIpc) is 2.29. The van der Waals surface area contributed by atoms with E-state index in [1.165, 1.54) is 32.1 Å². The molecule has 2 heteroatoms. The van der Waals surface area contributed by atoms with Gasteiger partial charge >= 0.3 is 0 Å². The predicted octanol–water partition coefficient (Wildman–Crippen LogP) is 3.73. The van der Waals surface area contributed by atoms with Crippen LogP contribution >= 0.6 is 0 Å². The molecule has 0 radical (unpaired) electrons. The first-order chi connectivity index (χ1) is 8.94. The molecule has 0 aromatic carbocycles. The summed E-state index contributed by atoms with van der Waals surface area (Å²) in [6.07, 6.45) is 8.46. The van der Waals surface area contributed by atoms with Crippen LogP contribution in [0.2, 0.25) is 0 Å². The first-order valence-corrected chi connectivity index (χ1v) is 8.12. The molecule has 0 aromatic rings. The number of nitrogens with zero attached hydrogens (tertiary/aromatic N) is 1. The van der Waals surface area contributed by atoms with Crippen LogP contribution in [0.4, 0.5) is 0 Å². The van der Waals surface area contributed by atoms with Gasteiger partial charge in [0.25, 0.3) is 0 Å². The van der Waals surface area contributed by atoms with Gasteiger partial charge in [0.2, 0.25) is 0 Å². The Morgan fingerprint density at radius 2 is 1.58 bits per heavy atom. The van der Waals surface area contributed by atoms with Crippen LogP contribution in [0.3, 0.4) is 0 Å². The standard InChI is InChI=1S/C17H28N2/c1-17(2,3)19-15(10-18)9-16-13-5-11-4-12(7-13)8-14(16)6-11/h11-16,19H,4-9H2,1-3H3. The fourth-order valence-corrected chi connectivity index (χ4v) is 5.36. The Labute approximate surface area is 118 Å². The second kappa shape index (κ2) is 4.77. The van der Waals surface area contributed by atoms with Crippen LogP contribution in [0.5, 0.6) is 0 Å². The van der Waals surface area contributed by atoms with Gasteiger partial charge in [-0.2, -0.15) is 5.26 Å². The van der Waals surface area contributed by atoms with Crippen molar-refractivity contribution in [2.45, 2.75) is 70.9 Å². The Bertz CT molecular complexity index is 346. The fourth-order valence-electron chi connectivity index (χ4n) is 5.36. The molecule has 4 saturated carbocycles. The highest BCUT2D eigenvalue weighted by Crippen LogP contribution is 2.57. The zero-order chi connectivity index (χ0) is 13.6. The van der Waals surface area contributed by atoms with Crippen molar-refractivity contribution in [3.05, 3.63) is 0 Å². The van der Waals surface area contributed by atoms with E-state index in [4.69, 9.17) is 0 Å². The van der Waals surface area contributed by atoms with Crippen LogP contribution in [0.25, 0.3) is 0 Å². The summed E-state index contributed by atoms with van der Waals surface area (Å²) in [4.78, 5) is 0. The molecule has 4 aliphatic carbocycles. The number of hydrogen-bond acceptors (Lipinski definition) is 2. The maximum atomic E-state index is 9.43. The molecule has 0 aromatic heterocycles. The maximum absolute atomic E-state index is 9.43. The van der Waals surface area contributed by atoms with Gasteiger partial charge in [0.15, 0.2) is 0 Å². The molecule has 0 heterocycles. The predicted molar refractivity (Wildman–Crippen MR) is 77.4 cm³/mol. The molecule has 4 bridgehead atoms. The monoisotopic (exact) mass is 260 g/mol. The number of hydrogen-bond donors (Lipinski definition) is 1.